The number of phenolic OH excluding ortho intramolecular Hbond substituents is 2. The van der Waals surface area contributed by atoms with Crippen LogP contribution in [0.2, 0.25) is 0 Å². The molecular formula is C23H16F3N3O2. The van der Waals surface area contributed by atoms with Crippen molar-refractivity contribution >= 4 is 0 Å². The predicted octanol–water partition coefficient (Wildman–Crippen LogP) is 5.61. The third-order valence-electron chi connectivity index (χ3n) is 4.64. The van der Waals surface area contributed by atoms with Crippen LogP contribution in [0.15, 0.2) is 66.7 Å². The summed E-state index contributed by atoms with van der Waals surface area (Å²) in [5.74, 6) is 0.245. The average molecular weight is 423 g/mol. The number of rotatable bonds is 3. The Morgan fingerprint density at radius 1 is 0.677 bits per heavy atom. The number of benzene rings is 3. The number of hydrogen-bond donors (Lipinski definition) is 2. The molecule has 4 aromatic rings. The number of alkyl halides is 3. The summed E-state index contributed by atoms with van der Waals surface area (Å²) in [5.41, 5.74) is 1.03. The molecule has 0 atom stereocenters. The number of halogens is 3. The van der Waals surface area contributed by atoms with Crippen LogP contribution in [-0.2, 0) is 6.18 Å². The molecule has 0 fully saturated rings. The van der Waals surface area contributed by atoms with E-state index in [0.717, 1.165) is 17.7 Å². The van der Waals surface area contributed by atoms with Crippen molar-refractivity contribution in [1.29, 1.82) is 0 Å². The topological polar surface area (TPSA) is 79.1 Å². The first-order valence-corrected chi connectivity index (χ1v) is 9.24. The Hall–Kier alpha value is -3.94. The van der Waals surface area contributed by atoms with Gasteiger partial charge in [0.25, 0.3) is 0 Å². The van der Waals surface area contributed by atoms with Crippen LogP contribution in [0.4, 0.5) is 13.2 Å². The highest BCUT2D eigenvalue weighted by atomic mass is 19.4. The molecule has 0 saturated heterocycles. The summed E-state index contributed by atoms with van der Waals surface area (Å²) in [6.45, 7) is 1.82. The first-order valence-electron chi connectivity index (χ1n) is 9.24. The first kappa shape index (κ1) is 20.3. The van der Waals surface area contributed by atoms with Crippen molar-refractivity contribution in [2.45, 2.75) is 13.1 Å². The third kappa shape index (κ3) is 4.18. The van der Waals surface area contributed by atoms with Gasteiger partial charge in [-0.1, -0.05) is 30.3 Å². The van der Waals surface area contributed by atoms with Gasteiger partial charge in [-0.3, -0.25) is 0 Å². The SMILES string of the molecule is Cc1ccc(-c2nc(-c3ccc(C(F)(F)F)cc3)nc(-c3ccccc3O)n2)c(O)c1. The summed E-state index contributed by atoms with van der Waals surface area (Å²) in [7, 11) is 0. The molecule has 4 rings (SSSR count). The molecule has 0 aliphatic rings. The van der Waals surface area contributed by atoms with Crippen molar-refractivity contribution in [3.63, 3.8) is 0 Å². The zero-order valence-electron chi connectivity index (χ0n) is 16.2. The number of aromatic nitrogens is 3. The molecule has 1 heterocycles. The number of aromatic hydroxyl groups is 2. The fourth-order valence-corrected chi connectivity index (χ4v) is 3.05. The Morgan fingerprint density at radius 2 is 1.26 bits per heavy atom. The van der Waals surface area contributed by atoms with Crippen LogP contribution >= 0.6 is 0 Å². The van der Waals surface area contributed by atoms with Crippen LogP contribution in [0.1, 0.15) is 11.1 Å². The lowest BCUT2D eigenvalue weighted by Gasteiger charge is -2.11. The van der Waals surface area contributed by atoms with Crippen molar-refractivity contribution in [3.8, 4) is 45.7 Å². The van der Waals surface area contributed by atoms with Crippen LogP contribution in [0.3, 0.4) is 0 Å². The lowest BCUT2D eigenvalue weighted by Crippen LogP contribution is -2.05. The molecule has 0 bridgehead atoms. The van der Waals surface area contributed by atoms with Crippen LogP contribution in [0, 0.1) is 6.92 Å². The van der Waals surface area contributed by atoms with Crippen molar-refractivity contribution in [2.75, 3.05) is 0 Å². The fourth-order valence-electron chi connectivity index (χ4n) is 3.05. The number of hydrogen-bond acceptors (Lipinski definition) is 5. The summed E-state index contributed by atoms with van der Waals surface area (Å²) < 4.78 is 38.8. The molecule has 1 aromatic heterocycles. The van der Waals surface area contributed by atoms with E-state index in [1.54, 1.807) is 36.4 Å². The smallest absolute Gasteiger partial charge is 0.416 e. The summed E-state index contributed by atoms with van der Waals surface area (Å²) in [6.07, 6.45) is -4.46. The second-order valence-electron chi connectivity index (χ2n) is 6.92. The Labute approximate surface area is 175 Å². The molecule has 0 unspecified atom stereocenters. The van der Waals surface area contributed by atoms with Crippen LogP contribution < -0.4 is 0 Å². The Kier molecular flexibility index (Phi) is 5.06. The third-order valence-corrected chi connectivity index (χ3v) is 4.64. The van der Waals surface area contributed by atoms with Crippen molar-refractivity contribution in [1.82, 2.24) is 15.0 Å². The maximum absolute atomic E-state index is 12.9. The molecule has 2 N–H and O–H groups in total. The van der Waals surface area contributed by atoms with Crippen LogP contribution in [0.25, 0.3) is 34.2 Å². The minimum absolute atomic E-state index is 0.0483. The van der Waals surface area contributed by atoms with Crippen molar-refractivity contribution in [3.05, 3.63) is 77.9 Å². The van der Waals surface area contributed by atoms with Crippen molar-refractivity contribution in [2.24, 2.45) is 0 Å². The van der Waals surface area contributed by atoms with Gasteiger partial charge in [0.2, 0.25) is 0 Å². The van der Waals surface area contributed by atoms with E-state index in [2.05, 4.69) is 15.0 Å². The van der Waals surface area contributed by atoms with Gasteiger partial charge >= 0.3 is 6.18 Å². The molecule has 31 heavy (non-hydrogen) atoms. The molecule has 5 nitrogen and oxygen atoms in total. The molecule has 0 amide bonds. The largest absolute Gasteiger partial charge is 0.507 e. The maximum Gasteiger partial charge on any atom is 0.416 e. The summed E-state index contributed by atoms with van der Waals surface area (Å²) >= 11 is 0. The molecule has 0 spiro atoms. The fraction of sp³-hybridized carbons (Fsp3) is 0.0870. The Morgan fingerprint density at radius 3 is 1.84 bits per heavy atom. The molecule has 156 valence electrons. The predicted molar refractivity (Wildman–Crippen MR) is 109 cm³/mol. The highest BCUT2D eigenvalue weighted by Gasteiger charge is 2.30. The van der Waals surface area contributed by atoms with Gasteiger partial charge in [-0.25, -0.2) is 15.0 Å². The van der Waals surface area contributed by atoms with E-state index < -0.39 is 11.7 Å². The Bertz CT molecular complexity index is 1260. The molecule has 0 aliphatic heterocycles. The van der Waals surface area contributed by atoms with Gasteiger partial charge < -0.3 is 10.2 Å². The number of nitrogens with zero attached hydrogens (tertiary/aromatic N) is 3. The average Bonchev–Trinajstić information content (AvgIpc) is 2.73. The van der Waals surface area contributed by atoms with E-state index in [9.17, 15) is 23.4 Å². The van der Waals surface area contributed by atoms with Gasteiger partial charge in [-0.2, -0.15) is 13.2 Å². The first-order chi connectivity index (χ1) is 14.7. The van der Waals surface area contributed by atoms with Crippen LogP contribution in [0.5, 0.6) is 11.5 Å². The molecule has 8 heteroatoms. The minimum Gasteiger partial charge on any atom is -0.507 e. The highest BCUT2D eigenvalue weighted by Crippen LogP contribution is 2.34. The molecule has 0 saturated carbocycles. The van der Waals surface area contributed by atoms with Gasteiger partial charge in [0.05, 0.1) is 16.7 Å². The second-order valence-corrected chi connectivity index (χ2v) is 6.92. The summed E-state index contributed by atoms with van der Waals surface area (Å²) in [5, 5.41) is 20.6. The molecule has 0 aliphatic carbocycles. The summed E-state index contributed by atoms with van der Waals surface area (Å²) in [4.78, 5) is 13.1. The van der Waals surface area contributed by atoms with E-state index in [1.807, 2.05) is 6.92 Å². The second kappa shape index (κ2) is 7.71. The quantitative estimate of drug-likeness (QED) is 0.448. The lowest BCUT2D eigenvalue weighted by atomic mass is 10.1. The van der Waals surface area contributed by atoms with Gasteiger partial charge in [0, 0.05) is 5.56 Å². The van der Waals surface area contributed by atoms with Gasteiger partial charge in [-0.15, -0.1) is 0 Å². The van der Waals surface area contributed by atoms with E-state index in [4.69, 9.17) is 0 Å². The van der Waals surface area contributed by atoms with Gasteiger partial charge in [0.15, 0.2) is 17.5 Å². The number of phenols is 2. The van der Waals surface area contributed by atoms with E-state index in [0.29, 0.717) is 16.7 Å². The normalized spacial score (nSPS) is 11.5. The van der Waals surface area contributed by atoms with Crippen LogP contribution in [-0.4, -0.2) is 25.2 Å². The zero-order valence-corrected chi connectivity index (χ0v) is 16.2. The minimum atomic E-state index is -4.46. The zero-order chi connectivity index (χ0) is 22.2. The molecular weight excluding hydrogens is 407 g/mol. The molecule has 0 radical (unpaired) electrons. The van der Waals surface area contributed by atoms with Gasteiger partial charge in [0.1, 0.15) is 11.5 Å². The molecule has 3 aromatic carbocycles. The van der Waals surface area contributed by atoms with Gasteiger partial charge in [-0.05, 0) is 48.9 Å². The highest BCUT2D eigenvalue weighted by molar-refractivity contribution is 5.72. The standard InChI is InChI=1S/C23H16F3N3O2/c1-13-6-11-17(19(31)12-13)22-28-20(14-7-9-15(10-8-14)23(24,25)26)27-21(29-22)16-4-2-3-5-18(16)30/h2-12,30-31H,1H3. The monoisotopic (exact) mass is 423 g/mol. The van der Waals surface area contributed by atoms with E-state index in [1.165, 1.54) is 18.2 Å². The number of para-hydroxylation sites is 1. The maximum atomic E-state index is 12.9. The van der Waals surface area contributed by atoms with E-state index in [-0.39, 0.29) is 29.0 Å². The Balaban J connectivity index is 1.91. The van der Waals surface area contributed by atoms with Crippen molar-refractivity contribution < 1.29 is 23.4 Å². The summed E-state index contributed by atoms with van der Waals surface area (Å²) in [6, 6.07) is 15.8. The van der Waals surface area contributed by atoms with E-state index >= 15 is 0 Å². The lowest BCUT2D eigenvalue weighted by molar-refractivity contribution is -0.137. The number of aryl methyl sites for hydroxylation is 1.